The largest absolute Gasteiger partial charge is 0.487 e. The first-order valence-corrected chi connectivity index (χ1v) is 9.37. The van der Waals surface area contributed by atoms with Gasteiger partial charge in [0.05, 0.1) is 11.4 Å². The van der Waals surface area contributed by atoms with Crippen molar-refractivity contribution in [3.05, 3.63) is 75.1 Å². The van der Waals surface area contributed by atoms with Gasteiger partial charge >= 0.3 is 5.51 Å². The summed E-state index contributed by atoms with van der Waals surface area (Å²) in [7, 11) is 1.74. The summed E-state index contributed by atoms with van der Waals surface area (Å²) < 4.78 is 46.3. The maximum absolute atomic E-state index is 12.5. The van der Waals surface area contributed by atoms with Crippen LogP contribution in [0.25, 0.3) is 5.69 Å². The van der Waals surface area contributed by atoms with E-state index in [-0.39, 0.29) is 28.8 Å². The Labute approximate surface area is 165 Å². The Bertz CT molecular complexity index is 983. The molecule has 0 saturated heterocycles. The van der Waals surface area contributed by atoms with Crippen LogP contribution in [0.5, 0.6) is 5.75 Å². The van der Waals surface area contributed by atoms with Crippen molar-refractivity contribution in [3.63, 3.8) is 0 Å². The van der Waals surface area contributed by atoms with Crippen molar-refractivity contribution >= 4 is 27.7 Å². The van der Waals surface area contributed by atoms with Crippen molar-refractivity contribution in [2.45, 2.75) is 17.0 Å². The monoisotopic (exact) mass is 458 g/mol. The number of rotatable bonds is 5. The van der Waals surface area contributed by atoms with Gasteiger partial charge in [-0.15, -0.1) is 0 Å². The van der Waals surface area contributed by atoms with Crippen LogP contribution in [0.15, 0.2) is 68.8 Å². The van der Waals surface area contributed by atoms with Gasteiger partial charge in [-0.25, -0.2) is 4.68 Å². The third-order valence-electron chi connectivity index (χ3n) is 3.76. The van der Waals surface area contributed by atoms with Gasteiger partial charge in [-0.1, -0.05) is 18.2 Å². The van der Waals surface area contributed by atoms with Crippen molar-refractivity contribution in [1.29, 1.82) is 0 Å². The predicted molar refractivity (Wildman–Crippen MR) is 101 cm³/mol. The van der Waals surface area contributed by atoms with Gasteiger partial charge in [0, 0.05) is 11.9 Å². The van der Waals surface area contributed by atoms with E-state index in [2.05, 4.69) is 15.9 Å². The Morgan fingerprint density at radius 3 is 2.30 bits per heavy atom. The molecule has 27 heavy (non-hydrogen) atoms. The van der Waals surface area contributed by atoms with Gasteiger partial charge in [-0.2, -0.15) is 13.2 Å². The van der Waals surface area contributed by atoms with Gasteiger partial charge in [0.15, 0.2) is 0 Å². The fourth-order valence-electron chi connectivity index (χ4n) is 2.52. The molecule has 3 rings (SSSR count). The van der Waals surface area contributed by atoms with Crippen molar-refractivity contribution in [3.8, 4) is 11.4 Å². The molecule has 2 aromatic carbocycles. The molecule has 4 nitrogen and oxygen atoms in total. The molecule has 0 N–H and O–H groups in total. The van der Waals surface area contributed by atoms with Crippen LogP contribution in [0.2, 0.25) is 0 Å². The summed E-state index contributed by atoms with van der Waals surface area (Å²) >= 11 is 3.12. The average Bonchev–Trinajstić information content (AvgIpc) is 2.83. The highest BCUT2D eigenvalue weighted by Crippen LogP contribution is 2.37. The molecule has 0 spiro atoms. The molecule has 142 valence electrons. The molecule has 3 aromatic rings. The predicted octanol–water partition coefficient (Wildman–Crippen LogP) is 5.13. The van der Waals surface area contributed by atoms with Crippen LogP contribution in [-0.2, 0) is 13.7 Å². The molecule has 1 aromatic heterocycles. The number of alkyl halides is 3. The van der Waals surface area contributed by atoms with Gasteiger partial charge < -0.3 is 4.74 Å². The van der Waals surface area contributed by atoms with Crippen LogP contribution in [0, 0.1) is 0 Å². The number of para-hydroxylation sites is 1. The number of halogens is 4. The molecule has 0 saturated carbocycles. The number of ether oxygens (including phenoxy) is 1. The van der Waals surface area contributed by atoms with Gasteiger partial charge in [0.25, 0.3) is 5.56 Å². The molecule has 1 heterocycles. The number of benzene rings is 2. The van der Waals surface area contributed by atoms with E-state index in [1.807, 2.05) is 30.3 Å². The summed E-state index contributed by atoms with van der Waals surface area (Å²) in [6, 6.07) is 14.8. The minimum absolute atomic E-state index is 0.0813. The molecule has 0 unspecified atom stereocenters. The molecular formula is C18H14BrF3N2O2S. The lowest BCUT2D eigenvalue weighted by Gasteiger charge is -2.11. The van der Waals surface area contributed by atoms with Crippen LogP contribution in [0.3, 0.4) is 0 Å². The smallest absolute Gasteiger partial charge is 0.446 e. The van der Waals surface area contributed by atoms with E-state index >= 15 is 0 Å². The molecule has 0 aliphatic rings. The third-order valence-corrected chi connectivity index (χ3v) is 5.29. The Morgan fingerprint density at radius 2 is 1.70 bits per heavy atom. The maximum Gasteiger partial charge on any atom is 0.446 e. The lowest BCUT2D eigenvalue weighted by Crippen LogP contribution is -2.19. The topological polar surface area (TPSA) is 36.2 Å². The highest BCUT2D eigenvalue weighted by atomic mass is 79.9. The van der Waals surface area contributed by atoms with E-state index in [4.69, 9.17) is 4.74 Å². The molecular weight excluding hydrogens is 445 g/mol. The summed E-state index contributed by atoms with van der Waals surface area (Å²) in [6.07, 6.45) is 0. The van der Waals surface area contributed by atoms with Crippen LogP contribution in [0.4, 0.5) is 13.2 Å². The standard InChI is InChI=1S/C18H14BrF3N2O2S/c1-23-15(16(19)17(25)24(23)12-5-3-2-4-6-12)11-26-13-7-9-14(10-8-13)27-18(20,21)22/h2-10H,11H2,1H3. The Balaban J connectivity index is 1.78. The highest BCUT2D eigenvalue weighted by molar-refractivity contribution is 9.10. The van der Waals surface area contributed by atoms with E-state index in [0.29, 0.717) is 21.6 Å². The minimum Gasteiger partial charge on any atom is -0.487 e. The summed E-state index contributed by atoms with van der Waals surface area (Å²) in [5.41, 5.74) is -3.23. The molecule has 0 amide bonds. The van der Waals surface area contributed by atoms with Crippen LogP contribution >= 0.6 is 27.7 Å². The van der Waals surface area contributed by atoms with E-state index < -0.39 is 5.51 Å². The first kappa shape index (κ1) is 19.6. The molecule has 9 heteroatoms. The Hall–Kier alpha value is -2.13. The minimum atomic E-state index is -4.33. The molecule has 0 radical (unpaired) electrons. The van der Waals surface area contributed by atoms with Crippen molar-refractivity contribution in [2.24, 2.45) is 7.05 Å². The summed E-state index contributed by atoms with van der Waals surface area (Å²) in [5, 5.41) is 0. The maximum atomic E-state index is 12.5. The normalized spacial score (nSPS) is 11.6. The van der Waals surface area contributed by atoms with Gasteiger partial charge in [0.2, 0.25) is 0 Å². The van der Waals surface area contributed by atoms with Crippen LogP contribution in [0.1, 0.15) is 5.69 Å². The lowest BCUT2D eigenvalue weighted by molar-refractivity contribution is -0.0328. The lowest BCUT2D eigenvalue weighted by atomic mass is 10.3. The number of aromatic nitrogens is 2. The van der Waals surface area contributed by atoms with Crippen LogP contribution < -0.4 is 10.3 Å². The molecule has 0 aliphatic carbocycles. The first-order valence-electron chi connectivity index (χ1n) is 7.76. The van der Waals surface area contributed by atoms with Gasteiger partial charge in [0.1, 0.15) is 16.8 Å². The SMILES string of the molecule is Cn1c(COc2ccc(SC(F)(F)F)cc2)c(Br)c(=O)n1-c1ccccc1. The second-order valence-electron chi connectivity index (χ2n) is 5.54. The zero-order valence-electron chi connectivity index (χ0n) is 14.0. The molecule has 0 fully saturated rings. The van der Waals surface area contributed by atoms with Crippen molar-refractivity contribution in [1.82, 2.24) is 9.36 Å². The van der Waals surface area contributed by atoms with E-state index in [1.54, 1.807) is 11.7 Å². The molecule has 0 bridgehead atoms. The Kier molecular flexibility index (Phi) is 5.71. The van der Waals surface area contributed by atoms with E-state index in [0.717, 1.165) is 0 Å². The summed E-state index contributed by atoms with van der Waals surface area (Å²) in [4.78, 5) is 12.6. The fourth-order valence-corrected chi connectivity index (χ4v) is 3.60. The van der Waals surface area contributed by atoms with Gasteiger partial charge in [-0.3, -0.25) is 9.48 Å². The third kappa shape index (κ3) is 4.59. The number of thioether (sulfide) groups is 1. The second kappa shape index (κ2) is 7.85. The number of hydrogen-bond acceptors (Lipinski definition) is 3. The summed E-state index contributed by atoms with van der Waals surface area (Å²) in [5.74, 6) is 0.410. The zero-order chi connectivity index (χ0) is 19.6. The molecule has 0 atom stereocenters. The van der Waals surface area contributed by atoms with E-state index in [1.165, 1.54) is 28.9 Å². The Morgan fingerprint density at radius 1 is 1.07 bits per heavy atom. The quantitative estimate of drug-likeness (QED) is 0.497. The second-order valence-corrected chi connectivity index (χ2v) is 7.48. The first-order chi connectivity index (χ1) is 12.8. The average molecular weight is 459 g/mol. The summed E-state index contributed by atoms with van der Waals surface area (Å²) in [6.45, 7) is 0.0813. The highest BCUT2D eigenvalue weighted by Gasteiger charge is 2.29. The fraction of sp³-hybridized carbons (Fsp3) is 0.167. The van der Waals surface area contributed by atoms with E-state index in [9.17, 15) is 18.0 Å². The van der Waals surface area contributed by atoms with Gasteiger partial charge in [-0.05, 0) is 64.1 Å². The van der Waals surface area contributed by atoms with Crippen molar-refractivity contribution < 1.29 is 17.9 Å². The zero-order valence-corrected chi connectivity index (χ0v) is 16.4. The molecule has 0 aliphatic heterocycles. The number of nitrogens with zero attached hydrogens (tertiary/aromatic N) is 2. The number of hydrogen-bond donors (Lipinski definition) is 0. The van der Waals surface area contributed by atoms with Crippen LogP contribution in [-0.4, -0.2) is 14.9 Å². The van der Waals surface area contributed by atoms with Crippen molar-refractivity contribution in [2.75, 3.05) is 0 Å².